The molecule has 2 heteroatoms. The van der Waals surface area contributed by atoms with Crippen LogP contribution < -0.4 is 5.73 Å². The van der Waals surface area contributed by atoms with Gasteiger partial charge in [0.05, 0.1) is 0 Å². The van der Waals surface area contributed by atoms with E-state index in [4.69, 9.17) is 5.73 Å². The Bertz CT molecular complexity index is 249. The molecule has 0 saturated heterocycles. The van der Waals surface area contributed by atoms with Crippen molar-refractivity contribution in [1.82, 2.24) is 0 Å². The van der Waals surface area contributed by atoms with Crippen molar-refractivity contribution in [2.24, 2.45) is 23.0 Å². The molecule has 0 unspecified atom stereocenters. The molecule has 0 aromatic heterocycles. The predicted octanol–water partition coefficient (Wildman–Crippen LogP) is 2.90. The van der Waals surface area contributed by atoms with Crippen LogP contribution in [-0.2, 0) is 4.79 Å². The van der Waals surface area contributed by atoms with Gasteiger partial charge in [0.2, 0.25) is 0 Å². The Morgan fingerprint density at radius 3 is 2.31 bits per heavy atom. The van der Waals surface area contributed by atoms with Crippen LogP contribution in [0.1, 0.15) is 58.3 Å². The van der Waals surface area contributed by atoms with Crippen molar-refractivity contribution < 1.29 is 4.79 Å². The lowest BCUT2D eigenvalue weighted by Gasteiger charge is -2.39. The van der Waals surface area contributed by atoms with Crippen LogP contribution in [-0.4, -0.2) is 12.3 Å². The van der Waals surface area contributed by atoms with E-state index in [9.17, 15) is 4.79 Å². The van der Waals surface area contributed by atoms with E-state index in [0.717, 1.165) is 25.2 Å². The van der Waals surface area contributed by atoms with Crippen LogP contribution in [0.2, 0.25) is 0 Å². The summed E-state index contributed by atoms with van der Waals surface area (Å²) in [4.78, 5) is 12.4. The number of hydrogen-bond donors (Lipinski definition) is 1. The van der Waals surface area contributed by atoms with Crippen molar-refractivity contribution in [3.63, 3.8) is 0 Å². The molecule has 2 nitrogen and oxygen atoms in total. The van der Waals surface area contributed by atoms with E-state index in [1.165, 1.54) is 32.1 Å². The number of carbonyl (C=O) groups excluding carboxylic acids is 1. The molecule has 16 heavy (non-hydrogen) atoms. The lowest BCUT2D eigenvalue weighted by molar-refractivity contribution is -0.132. The van der Waals surface area contributed by atoms with Gasteiger partial charge in [-0.25, -0.2) is 0 Å². The highest BCUT2D eigenvalue weighted by Gasteiger charge is 2.40. The third kappa shape index (κ3) is 2.32. The lowest BCUT2D eigenvalue weighted by Crippen LogP contribution is -2.42. The molecule has 2 aliphatic rings. The number of nitrogens with two attached hydrogens (primary N) is 1. The number of carbonyl (C=O) groups is 1. The monoisotopic (exact) mass is 223 g/mol. The molecule has 0 heterocycles. The van der Waals surface area contributed by atoms with Crippen LogP contribution in [0.25, 0.3) is 0 Å². The summed E-state index contributed by atoms with van der Waals surface area (Å²) in [5, 5.41) is 0. The van der Waals surface area contributed by atoms with Gasteiger partial charge in [0.25, 0.3) is 0 Å². The zero-order chi connectivity index (χ0) is 11.6. The third-order valence-electron chi connectivity index (χ3n) is 4.91. The maximum absolute atomic E-state index is 12.4. The zero-order valence-electron chi connectivity index (χ0n) is 10.5. The summed E-state index contributed by atoms with van der Waals surface area (Å²) in [6.07, 6.45) is 9.12. The smallest absolute Gasteiger partial charge is 0.140 e. The molecule has 0 amide bonds. The van der Waals surface area contributed by atoms with Crippen LogP contribution in [0.15, 0.2) is 0 Å². The Morgan fingerprint density at radius 2 is 1.88 bits per heavy atom. The molecule has 2 aliphatic carbocycles. The topological polar surface area (TPSA) is 43.1 Å². The SMILES string of the molecule is CC1CCC(CN)(C(=O)CC2CCC2)CC1. The van der Waals surface area contributed by atoms with E-state index in [1.54, 1.807) is 0 Å². The standard InChI is InChI=1S/C14H25NO/c1-11-5-7-14(10-15,8-6-11)13(16)9-12-3-2-4-12/h11-12H,2-10,15H2,1H3. The molecular formula is C14H25NO. The summed E-state index contributed by atoms with van der Waals surface area (Å²) < 4.78 is 0. The first kappa shape index (κ1) is 12.1. The van der Waals surface area contributed by atoms with E-state index in [-0.39, 0.29) is 5.41 Å². The molecule has 2 N–H and O–H groups in total. The van der Waals surface area contributed by atoms with Gasteiger partial charge in [0.15, 0.2) is 0 Å². The molecule has 0 aromatic rings. The number of Topliss-reactive ketones (excluding diaryl/α,β-unsaturated/α-hetero) is 1. The van der Waals surface area contributed by atoms with E-state index in [2.05, 4.69) is 6.92 Å². The van der Waals surface area contributed by atoms with Gasteiger partial charge in [-0.2, -0.15) is 0 Å². The Morgan fingerprint density at radius 1 is 1.25 bits per heavy atom. The van der Waals surface area contributed by atoms with Gasteiger partial charge in [-0.05, 0) is 37.5 Å². The van der Waals surface area contributed by atoms with Crippen LogP contribution >= 0.6 is 0 Å². The molecule has 0 atom stereocenters. The van der Waals surface area contributed by atoms with E-state index in [0.29, 0.717) is 18.2 Å². The maximum Gasteiger partial charge on any atom is 0.140 e. The van der Waals surface area contributed by atoms with Crippen molar-refractivity contribution in [1.29, 1.82) is 0 Å². The van der Waals surface area contributed by atoms with Crippen LogP contribution in [0.4, 0.5) is 0 Å². The average molecular weight is 223 g/mol. The van der Waals surface area contributed by atoms with E-state index in [1.807, 2.05) is 0 Å². The largest absolute Gasteiger partial charge is 0.329 e. The maximum atomic E-state index is 12.4. The zero-order valence-corrected chi connectivity index (χ0v) is 10.5. The summed E-state index contributed by atoms with van der Waals surface area (Å²) in [7, 11) is 0. The predicted molar refractivity (Wildman–Crippen MR) is 66.1 cm³/mol. The summed E-state index contributed by atoms with van der Waals surface area (Å²) in [6, 6.07) is 0. The first-order chi connectivity index (χ1) is 7.66. The fourth-order valence-electron chi connectivity index (χ4n) is 3.09. The second-order valence-electron chi connectivity index (χ2n) is 6.09. The van der Waals surface area contributed by atoms with E-state index >= 15 is 0 Å². The quantitative estimate of drug-likeness (QED) is 0.796. The highest BCUT2D eigenvalue weighted by molar-refractivity contribution is 5.85. The molecule has 2 saturated carbocycles. The summed E-state index contributed by atoms with van der Waals surface area (Å²) >= 11 is 0. The average Bonchev–Trinajstić information content (AvgIpc) is 2.25. The number of rotatable bonds is 4. The fraction of sp³-hybridized carbons (Fsp3) is 0.929. The van der Waals surface area contributed by atoms with Crippen LogP contribution in [0, 0.1) is 17.3 Å². The number of hydrogen-bond acceptors (Lipinski definition) is 2. The van der Waals surface area contributed by atoms with Gasteiger partial charge >= 0.3 is 0 Å². The molecule has 2 fully saturated rings. The van der Waals surface area contributed by atoms with Crippen molar-refractivity contribution in [3.8, 4) is 0 Å². The highest BCUT2D eigenvalue weighted by atomic mass is 16.1. The van der Waals surface area contributed by atoms with Crippen molar-refractivity contribution in [2.75, 3.05) is 6.54 Å². The van der Waals surface area contributed by atoms with Crippen molar-refractivity contribution in [3.05, 3.63) is 0 Å². The third-order valence-corrected chi connectivity index (χ3v) is 4.91. The Hall–Kier alpha value is -0.370. The second-order valence-corrected chi connectivity index (χ2v) is 6.09. The summed E-state index contributed by atoms with van der Waals surface area (Å²) in [5.41, 5.74) is 5.76. The highest BCUT2D eigenvalue weighted by Crippen LogP contribution is 2.42. The number of ketones is 1. The molecule has 92 valence electrons. The lowest BCUT2D eigenvalue weighted by atomic mass is 9.65. The van der Waals surface area contributed by atoms with Gasteiger partial charge in [-0.1, -0.05) is 26.2 Å². The molecule has 2 rings (SSSR count). The molecule has 0 aliphatic heterocycles. The molecule has 0 bridgehead atoms. The first-order valence-electron chi connectivity index (χ1n) is 6.90. The summed E-state index contributed by atoms with van der Waals surface area (Å²) in [5.74, 6) is 1.96. The van der Waals surface area contributed by atoms with Gasteiger partial charge in [0, 0.05) is 18.4 Å². The van der Waals surface area contributed by atoms with Gasteiger partial charge < -0.3 is 5.73 Å². The van der Waals surface area contributed by atoms with Gasteiger partial charge in [0.1, 0.15) is 5.78 Å². The minimum Gasteiger partial charge on any atom is -0.329 e. The van der Waals surface area contributed by atoms with Crippen LogP contribution in [0.3, 0.4) is 0 Å². The van der Waals surface area contributed by atoms with Crippen molar-refractivity contribution in [2.45, 2.75) is 58.3 Å². The van der Waals surface area contributed by atoms with Gasteiger partial charge in [-0.3, -0.25) is 4.79 Å². The Labute approximate surface area is 99.0 Å². The van der Waals surface area contributed by atoms with E-state index < -0.39 is 0 Å². The molecule has 0 radical (unpaired) electrons. The normalized spacial score (nSPS) is 35.8. The molecule has 0 aromatic carbocycles. The molecule has 0 spiro atoms. The Kier molecular flexibility index (Phi) is 3.68. The van der Waals surface area contributed by atoms with Gasteiger partial charge in [-0.15, -0.1) is 0 Å². The fourth-order valence-corrected chi connectivity index (χ4v) is 3.09. The van der Waals surface area contributed by atoms with Crippen molar-refractivity contribution >= 4 is 5.78 Å². The summed E-state index contributed by atoms with van der Waals surface area (Å²) in [6.45, 7) is 2.86. The Balaban J connectivity index is 1.94. The molecular weight excluding hydrogens is 198 g/mol. The first-order valence-corrected chi connectivity index (χ1v) is 6.90. The second kappa shape index (κ2) is 4.87. The minimum atomic E-state index is -0.137. The van der Waals surface area contributed by atoms with Crippen LogP contribution in [0.5, 0.6) is 0 Å². The minimum absolute atomic E-state index is 0.137.